The molecule has 1 N–H and O–H groups in total. The molecular formula is C12H13NO8. The molecule has 0 aliphatic carbocycles. The van der Waals surface area contributed by atoms with Crippen molar-refractivity contribution in [1.82, 2.24) is 0 Å². The van der Waals surface area contributed by atoms with Gasteiger partial charge in [-0.05, 0) is 0 Å². The molecular weight excluding hydrogens is 286 g/mol. The number of benzene rings is 1. The van der Waals surface area contributed by atoms with E-state index in [0.29, 0.717) is 6.29 Å². The zero-order valence-corrected chi connectivity index (χ0v) is 11.3. The Balaban J connectivity index is 3.26. The Morgan fingerprint density at radius 2 is 2.10 bits per heavy atom. The van der Waals surface area contributed by atoms with Gasteiger partial charge in [-0.3, -0.25) is 14.9 Å². The summed E-state index contributed by atoms with van der Waals surface area (Å²) in [6.45, 7) is -0.262. The van der Waals surface area contributed by atoms with Gasteiger partial charge in [0.2, 0.25) is 6.10 Å². The Morgan fingerprint density at radius 3 is 2.52 bits per heavy atom. The van der Waals surface area contributed by atoms with E-state index in [1.54, 1.807) is 0 Å². The predicted octanol–water partition coefficient (Wildman–Crippen LogP) is 0.894. The van der Waals surface area contributed by atoms with Gasteiger partial charge in [-0.2, -0.15) is 0 Å². The number of carbonyl (C=O) groups excluding carboxylic acids is 1. The summed E-state index contributed by atoms with van der Waals surface area (Å²) in [6.07, 6.45) is -1.07. The maximum absolute atomic E-state index is 11.0. The molecule has 0 saturated heterocycles. The molecule has 1 atom stereocenters. The van der Waals surface area contributed by atoms with Gasteiger partial charge in [0, 0.05) is 13.2 Å². The molecule has 9 nitrogen and oxygen atoms in total. The van der Waals surface area contributed by atoms with Crippen molar-refractivity contribution in [3.05, 3.63) is 27.8 Å². The lowest BCUT2D eigenvalue weighted by Gasteiger charge is -2.16. The van der Waals surface area contributed by atoms with Crippen molar-refractivity contribution >= 4 is 17.9 Å². The van der Waals surface area contributed by atoms with Crippen LogP contribution in [0.5, 0.6) is 11.5 Å². The molecule has 0 saturated carbocycles. The Labute approximate surface area is 119 Å². The minimum absolute atomic E-state index is 0.00468. The second-order valence-electron chi connectivity index (χ2n) is 3.84. The Bertz CT molecular complexity index is 556. The first-order chi connectivity index (χ1) is 9.94. The van der Waals surface area contributed by atoms with Gasteiger partial charge in [0.1, 0.15) is 0 Å². The van der Waals surface area contributed by atoms with Crippen molar-refractivity contribution in [2.75, 3.05) is 20.8 Å². The summed E-state index contributed by atoms with van der Waals surface area (Å²) in [5.74, 6) is -1.47. The van der Waals surface area contributed by atoms with E-state index in [-0.39, 0.29) is 23.7 Å². The number of hydrogen-bond donors (Lipinski definition) is 1. The van der Waals surface area contributed by atoms with Crippen LogP contribution in [0.1, 0.15) is 10.4 Å². The van der Waals surface area contributed by atoms with Gasteiger partial charge in [-0.1, -0.05) is 0 Å². The molecule has 0 radical (unpaired) electrons. The van der Waals surface area contributed by atoms with E-state index in [2.05, 4.69) is 0 Å². The molecule has 0 spiro atoms. The number of nitro benzene ring substituents is 1. The molecule has 0 bridgehead atoms. The molecule has 1 aromatic carbocycles. The summed E-state index contributed by atoms with van der Waals surface area (Å²) in [5.41, 5.74) is -0.717. The largest absolute Gasteiger partial charge is 0.493 e. The SMILES string of the molecule is COCC(Oc1cc([N+](=O)[O-])c(C=O)cc1OC)C(=O)O. The van der Waals surface area contributed by atoms with Gasteiger partial charge in [0.15, 0.2) is 17.8 Å². The van der Waals surface area contributed by atoms with Crippen molar-refractivity contribution in [2.24, 2.45) is 0 Å². The number of ether oxygens (including phenoxy) is 3. The van der Waals surface area contributed by atoms with Gasteiger partial charge in [-0.15, -0.1) is 0 Å². The summed E-state index contributed by atoms with van der Waals surface area (Å²) in [5, 5.41) is 19.9. The number of methoxy groups -OCH3 is 2. The van der Waals surface area contributed by atoms with Crippen molar-refractivity contribution in [2.45, 2.75) is 6.10 Å². The maximum Gasteiger partial charge on any atom is 0.347 e. The fourth-order valence-electron chi connectivity index (χ4n) is 1.53. The van der Waals surface area contributed by atoms with Crippen molar-refractivity contribution in [1.29, 1.82) is 0 Å². The molecule has 0 amide bonds. The van der Waals surface area contributed by atoms with Crippen molar-refractivity contribution < 1.29 is 33.8 Å². The minimum atomic E-state index is -1.37. The molecule has 9 heteroatoms. The number of carboxylic acid groups (broad SMARTS) is 1. The van der Waals surface area contributed by atoms with Crippen LogP contribution >= 0.6 is 0 Å². The van der Waals surface area contributed by atoms with Crippen LogP contribution < -0.4 is 9.47 Å². The molecule has 1 rings (SSSR count). The van der Waals surface area contributed by atoms with E-state index in [1.807, 2.05) is 0 Å². The molecule has 0 aliphatic rings. The fraction of sp³-hybridized carbons (Fsp3) is 0.333. The number of carbonyl (C=O) groups is 2. The third kappa shape index (κ3) is 3.89. The van der Waals surface area contributed by atoms with E-state index < -0.39 is 22.7 Å². The highest BCUT2D eigenvalue weighted by Crippen LogP contribution is 2.34. The molecule has 1 unspecified atom stereocenters. The van der Waals surface area contributed by atoms with Gasteiger partial charge < -0.3 is 19.3 Å². The van der Waals surface area contributed by atoms with Crippen LogP contribution in [0, 0.1) is 10.1 Å². The van der Waals surface area contributed by atoms with Gasteiger partial charge in [0.25, 0.3) is 5.69 Å². The molecule has 0 aromatic heterocycles. The Kier molecular flexibility index (Phi) is 5.61. The smallest absolute Gasteiger partial charge is 0.347 e. The van der Waals surface area contributed by atoms with Crippen LogP contribution in [0.25, 0.3) is 0 Å². The molecule has 0 aliphatic heterocycles. The summed E-state index contributed by atoms with van der Waals surface area (Å²) < 4.78 is 14.8. The molecule has 0 heterocycles. The van der Waals surface area contributed by atoms with E-state index in [0.717, 1.165) is 12.1 Å². The van der Waals surface area contributed by atoms with Gasteiger partial charge >= 0.3 is 5.97 Å². The maximum atomic E-state index is 11.0. The van der Waals surface area contributed by atoms with Crippen LogP contribution in [-0.4, -0.2) is 49.2 Å². The van der Waals surface area contributed by atoms with Crippen LogP contribution in [0.2, 0.25) is 0 Å². The van der Waals surface area contributed by atoms with E-state index in [1.165, 1.54) is 14.2 Å². The second-order valence-corrected chi connectivity index (χ2v) is 3.84. The first-order valence-corrected chi connectivity index (χ1v) is 5.64. The first kappa shape index (κ1) is 16.4. The normalized spacial score (nSPS) is 11.5. The highest BCUT2D eigenvalue weighted by Gasteiger charge is 2.25. The fourth-order valence-corrected chi connectivity index (χ4v) is 1.53. The van der Waals surface area contributed by atoms with E-state index in [4.69, 9.17) is 19.3 Å². The summed E-state index contributed by atoms with van der Waals surface area (Å²) >= 11 is 0. The third-order valence-electron chi connectivity index (χ3n) is 2.50. The van der Waals surface area contributed by atoms with Gasteiger partial charge in [0.05, 0.1) is 30.3 Å². The number of carboxylic acids is 1. The predicted molar refractivity (Wildman–Crippen MR) is 69.0 cm³/mol. The molecule has 1 aromatic rings. The number of nitrogens with zero attached hydrogens (tertiary/aromatic N) is 1. The zero-order valence-electron chi connectivity index (χ0n) is 11.3. The average molecular weight is 299 g/mol. The van der Waals surface area contributed by atoms with Crippen LogP contribution in [0.3, 0.4) is 0 Å². The summed E-state index contributed by atoms with van der Waals surface area (Å²) in [6, 6.07) is 2.04. The summed E-state index contributed by atoms with van der Waals surface area (Å²) in [4.78, 5) is 31.9. The topological polar surface area (TPSA) is 125 Å². The minimum Gasteiger partial charge on any atom is -0.493 e. The summed E-state index contributed by atoms with van der Waals surface area (Å²) in [7, 11) is 2.54. The van der Waals surface area contributed by atoms with Crippen molar-refractivity contribution in [3.8, 4) is 11.5 Å². The number of hydrogen-bond acceptors (Lipinski definition) is 7. The zero-order chi connectivity index (χ0) is 16.0. The van der Waals surface area contributed by atoms with Gasteiger partial charge in [-0.25, -0.2) is 4.79 Å². The highest BCUT2D eigenvalue weighted by atomic mass is 16.6. The average Bonchev–Trinajstić information content (AvgIpc) is 2.45. The number of nitro groups is 1. The molecule has 21 heavy (non-hydrogen) atoms. The van der Waals surface area contributed by atoms with E-state index >= 15 is 0 Å². The van der Waals surface area contributed by atoms with E-state index in [9.17, 15) is 19.7 Å². The number of aliphatic carboxylic acids is 1. The van der Waals surface area contributed by atoms with Crippen LogP contribution in [0.15, 0.2) is 12.1 Å². The number of aldehydes is 1. The first-order valence-electron chi connectivity index (χ1n) is 5.64. The van der Waals surface area contributed by atoms with Crippen molar-refractivity contribution in [3.63, 3.8) is 0 Å². The highest BCUT2D eigenvalue weighted by molar-refractivity contribution is 5.83. The quantitative estimate of drug-likeness (QED) is 0.426. The Hall–Kier alpha value is -2.68. The molecule has 0 fully saturated rings. The van der Waals surface area contributed by atoms with Crippen LogP contribution in [0.4, 0.5) is 5.69 Å². The Morgan fingerprint density at radius 1 is 1.43 bits per heavy atom. The third-order valence-corrected chi connectivity index (χ3v) is 2.50. The second kappa shape index (κ2) is 7.20. The number of rotatable bonds is 8. The molecule has 114 valence electrons. The standard InChI is InChI=1S/C12H13NO8/c1-19-6-11(12(15)16)21-10-4-8(13(17)18)7(5-14)3-9(10)20-2/h3-5,11H,6H2,1-2H3,(H,15,16). The lowest BCUT2D eigenvalue weighted by Crippen LogP contribution is -2.31. The lowest BCUT2D eigenvalue weighted by molar-refractivity contribution is -0.385. The monoisotopic (exact) mass is 299 g/mol. The lowest BCUT2D eigenvalue weighted by atomic mass is 10.1. The van der Waals surface area contributed by atoms with Crippen LogP contribution in [-0.2, 0) is 9.53 Å².